The maximum absolute atomic E-state index is 4.71. The number of nitrogens with zero attached hydrogens (tertiary/aromatic N) is 2. The van der Waals surface area contributed by atoms with Gasteiger partial charge in [-0.05, 0) is 33.7 Å². The summed E-state index contributed by atoms with van der Waals surface area (Å²) in [6, 6.07) is 0.329. The van der Waals surface area contributed by atoms with Crippen molar-refractivity contribution >= 4 is 0 Å². The van der Waals surface area contributed by atoms with Gasteiger partial charge in [-0.1, -0.05) is 19.3 Å². The van der Waals surface area contributed by atoms with Crippen LogP contribution < -0.4 is 5.32 Å². The van der Waals surface area contributed by atoms with Crippen LogP contribution in [0.5, 0.6) is 0 Å². The van der Waals surface area contributed by atoms with Crippen molar-refractivity contribution in [1.82, 2.24) is 15.3 Å². The molecule has 1 unspecified atom stereocenters. The molecule has 0 amide bonds. The Bertz CT molecular complexity index is 370. The SMILES string of the molecule is CNC(C)c1cnc(C2CCCCC2)nc1C. The van der Waals surface area contributed by atoms with E-state index in [1.807, 2.05) is 13.2 Å². The van der Waals surface area contributed by atoms with Crippen molar-refractivity contribution in [2.75, 3.05) is 7.05 Å². The highest BCUT2D eigenvalue weighted by molar-refractivity contribution is 5.20. The molecule has 0 radical (unpaired) electrons. The highest BCUT2D eigenvalue weighted by Gasteiger charge is 2.19. The molecule has 1 saturated carbocycles. The summed E-state index contributed by atoms with van der Waals surface area (Å²) < 4.78 is 0. The van der Waals surface area contributed by atoms with Gasteiger partial charge in [0.05, 0.1) is 0 Å². The molecule has 0 saturated heterocycles. The van der Waals surface area contributed by atoms with E-state index in [2.05, 4.69) is 24.1 Å². The third-order valence-electron chi connectivity index (χ3n) is 3.91. The zero-order chi connectivity index (χ0) is 12.3. The van der Waals surface area contributed by atoms with Crippen molar-refractivity contribution in [2.45, 2.75) is 57.9 Å². The van der Waals surface area contributed by atoms with Crippen LogP contribution >= 0.6 is 0 Å². The molecule has 1 aliphatic rings. The van der Waals surface area contributed by atoms with Crippen LogP contribution in [0.1, 0.15) is 68.1 Å². The lowest BCUT2D eigenvalue weighted by Crippen LogP contribution is -2.16. The zero-order valence-corrected chi connectivity index (χ0v) is 11.2. The average Bonchev–Trinajstić information content (AvgIpc) is 2.39. The second-order valence-electron chi connectivity index (χ2n) is 5.11. The predicted molar refractivity (Wildman–Crippen MR) is 70.1 cm³/mol. The molecule has 1 fully saturated rings. The Morgan fingerprint density at radius 3 is 2.59 bits per heavy atom. The number of hydrogen-bond acceptors (Lipinski definition) is 3. The molecule has 3 heteroatoms. The summed E-state index contributed by atoms with van der Waals surface area (Å²) >= 11 is 0. The van der Waals surface area contributed by atoms with Gasteiger partial charge in [0.25, 0.3) is 0 Å². The number of rotatable bonds is 3. The fourth-order valence-electron chi connectivity index (χ4n) is 2.63. The molecule has 0 aliphatic heterocycles. The molecular formula is C14H23N3. The molecule has 0 aromatic carbocycles. The number of nitrogens with one attached hydrogen (secondary N) is 1. The van der Waals surface area contributed by atoms with Gasteiger partial charge in [-0.2, -0.15) is 0 Å². The quantitative estimate of drug-likeness (QED) is 0.871. The molecule has 17 heavy (non-hydrogen) atoms. The molecule has 2 rings (SSSR count). The van der Waals surface area contributed by atoms with Crippen LogP contribution in [0.2, 0.25) is 0 Å². The molecule has 0 spiro atoms. The van der Waals surface area contributed by atoms with Crippen molar-refractivity contribution in [3.63, 3.8) is 0 Å². The topological polar surface area (TPSA) is 37.8 Å². The Morgan fingerprint density at radius 2 is 2.00 bits per heavy atom. The van der Waals surface area contributed by atoms with Crippen LogP contribution in [0, 0.1) is 6.92 Å². The van der Waals surface area contributed by atoms with Crippen LogP contribution in [-0.4, -0.2) is 17.0 Å². The second-order valence-corrected chi connectivity index (χ2v) is 5.11. The van der Waals surface area contributed by atoms with Crippen LogP contribution in [0.4, 0.5) is 0 Å². The number of aryl methyl sites for hydroxylation is 1. The monoisotopic (exact) mass is 233 g/mol. The summed E-state index contributed by atoms with van der Waals surface area (Å²) in [5.41, 5.74) is 2.34. The van der Waals surface area contributed by atoms with Crippen LogP contribution in [-0.2, 0) is 0 Å². The zero-order valence-electron chi connectivity index (χ0n) is 11.2. The van der Waals surface area contributed by atoms with E-state index in [1.54, 1.807) is 0 Å². The standard InChI is InChI=1S/C14H23N3/c1-10(15-3)13-9-16-14(17-11(13)2)12-7-5-4-6-8-12/h9-10,12,15H,4-8H2,1-3H3. The minimum Gasteiger partial charge on any atom is -0.313 e. The normalized spacial score (nSPS) is 19.2. The van der Waals surface area contributed by atoms with Gasteiger partial charge in [-0.25, -0.2) is 9.97 Å². The molecule has 1 heterocycles. The van der Waals surface area contributed by atoms with Gasteiger partial charge in [0, 0.05) is 29.4 Å². The minimum absolute atomic E-state index is 0.329. The van der Waals surface area contributed by atoms with Gasteiger partial charge in [0.1, 0.15) is 5.82 Å². The maximum Gasteiger partial charge on any atom is 0.131 e. The smallest absolute Gasteiger partial charge is 0.131 e. The second kappa shape index (κ2) is 5.58. The van der Waals surface area contributed by atoms with Gasteiger partial charge < -0.3 is 5.32 Å². The Labute approximate surface area is 104 Å². The van der Waals surface area contributed by atoms with Crippen LogP contribution in [0.15, 0.2) is 6.20 Å². The van der Waals surface area contributed by atoms with E-state index in [0.717, 1.165) is 11.5 Å². The fraction of sp³-hybridized carbons (Fsp3) is 0.714. The van der Waals surface area contributed by atoms with Crippen molar-refractivity contribution in [3.8, 4) is 0 Å². The van der Waals surface area contributed by atoms with Crippen LogP contribution in [0.3, 0.4) is 0 Å². The maximum atomic E-state index is 4.71. The Morgan fingerprint density at radius 1 is 1.29 bits per heavy atom. The fourth-order valence-corrected chi connectivity index (χ4v) is 2.63. The number of aromatic nitrogens is 2. The number of hydrogen-bond donors (Lipinski definition) is 1. The molecule has 1 aromatic rings. The summed E-state index contributed by atoms with van der Waals surface area (Å²) in [6.07, 6.45) is 8.59. The summed E-state index contributed by atoms with van der Waals surface area (Å²) in [4.78, 5) is 9.30. The summed E-state index contributed by atoms with van der Waals surface area (Å²) in [6.45, 7) is 4.24. The lowest BCUT2D eigenvalue weighted by Gasteiger charge is -2.21. The van der Waals surface area contributed by atoms with E-state index >= 15 is 0 Å². The average molecular weight is 233 g/mol. The first kappa shape index (κ1) is 12.5. The van der Waals surface area contributed by atoms with Crippen LogP contribution in [0.25, 0.3) is 0 Å². The summed E-state index contributed by atoms with van der Waals surface area (Å²) in [5, 5.41) is 3.24. The Hall–Kier alpha value is -0.960. The van der Waals surface area contributed by atoms with Crippen molar-refractivity contribution in [1.29, 1.82) is 0 Å². The minimum atomic E-state index is 0.329. The lowest BCUT2D eigenvalue weighted by molar-refractivity contribution is 0.427. The molecule has 3 nitrogen and oxygen atoms in total. The third-order valence-corrected chi connectivity index (χ3v) is 3.91. The molecular weight excluding hydrogens is 210 g/mol. The highest BCUT2D eigenvalue weighted by atomic mass is 14.9. The first-order valence-electron chi connectivity index (χ1n) is 6.73. The van der Waals surface area contributed by atoms with Crippen molar-refractivity contribution in [3.05, 3.63) is 23.3 Å². The first-order valence-corrected chi connectivity index (χ1v) is 6.73. The first-order chi connectivity index (χ1) is 8.22. The van der Waals surface area contributed by atoms with E-state index in [-0.39, 0.29) is 0 Å². The highest BCUT2D eigenvalue weighted by Crippen LogP contribution is 2.31. The van der Waals surface area contributed by atoms with E-state index in [0.29, 0.717) is 12.0 Å². The molecule has 1 N–H and O–H groups in total. The lowest BCUT2D eigenvalue weighted by atomic mass is 9.88. The molecule has 1 atom stereocenters. The molecule has 1 aliphatic carbocycles. The van der Waals surface area contributed by atoms with E-state index in [4.69, 9.17) is 4.98 Å². The Kier molecular flexibility index (Phi) is 4.11. The van der Waals surface area contributed by atoms with E-state index in [1.165, 1.54) is 37.7 Å². The van der Waals surface area contributed by atoms with E-state index in [9.17, 15) is 0 Å². The predicted octanol–water partition coefficient (Wildman–Crippen LogP) is 3.11. The van der Waals surface area contributed by atoms with E-state index < -0.39 is 0 Å². The van der Waals surface area contributed by atoms with Crippen molar-refractivity contribution in [2.24, 2.45) is 0 Å². The van der Waals surface area contributed by atoms with Gasteiger partial charge in [-0.15, -0.1) is 0 Å². The summed E-state index contributed by atoms with van der Waals surface area (Å²) in [7, 11) is 1.97. The third kappa shape index (κ3) is 2.83. The summed E-state index contributed by atoms with van der Waals surface area (Å²) in [5.74, 6) is 1.66. The van der Waals surface area contributed by atoms with Gasteiger partial charge in [0.15, 0.2) is 0 Å². The van der Waals surface area contributed by atoms with Gasteiger partial charge in [-0.3, -0.25) is 0 Å². The van der Waals surface area contributed by atoms with Gasteiger partial charge >= 0.3 is 0 Å². The van der Waals surface area contributed by atoms with Gasteiger partial charge in [0.2, 0.25) is 0 Å². The Balaban J connectivity index is 2.17. The largest absolute Gasteiger partial charge is 0.313 e. The molecule has 1 aromatic heterocycles. The van der Waals surface area contributed by atoms with Crippen molar-refractivity contribution < 1.29 is 0 Å². The molecule has 0 bridgehead atoms. The molecule has 94 valence electrons.